The van der Waals surface area contributed by atoms with E-state index in [4.69, 9.17) is 21.3 Å². The lowest BCUT2D eigenvalue weighted by atomic mass is 9.12. The first-order valence-corrected chi connectivity index (χ1v) is 12.7. The fraction of sp³-hybridized carbons (Fsp3) is 0.500. The Balaban J connectivity index is 1.17. The van der Waals surface area contributed by atoms with E-state index in [9.17, 15) is 9.59 Å². The van der Waals surface area contributed by atoms with Gasteiger partial charge in [-0.2, -0.15) is 10.1 Å². The lowest BCUT2D eigenvalue weighted by Crippen LogP contribution is -2.90. The predicted octanol–water partition coefficient (Wildman–Crippen LogP) is 2.72. The van der Waals surface area contributed by atoms with Gasteiger partial charge in [-0.15, -0.1) is 0 Å². The van der Waals surface area contributed by atoms with E-state index in [0.717, 1.165) is 19.3 Å². The molecule has 184 valence electrons. The van der Waals surface area contributed by atoms with Gasteiger partial charge in [0.2, 0.25) is 5.95 Å². The van der Waals surface area contributed by atoms with E-state index < -0.39 is 0 Å². The summed E-state index contributed by atoms with van der Waals surface area (Å²) >= 11 is 6.44. The lowest BCUT2D eigenvalue weighted by Gasteiger charge is -2.91. The summed E-state index contributed by atoms with van der Waals surface area (Å²) in [6.07, 6.45) is 7.61. The molecule has 4 heterocycles. The monoisotopic (exact) mass is 506 g/mol. The number of imidazole rings is 1. The summed E-state index contributed by atoms with van der Waals surface area (Å²) in [6, 6.07) is 1.75. The van der Waals surface area contributed by atoms with Crippen molar-refractivity contribution >= 4 is 46.0 Å². The van der Waals surface area contributed by atoms with Gasteiger partial charge in [-0.3, -0.25) is 13.9 Å². The molecule has 1 N–H and O–H groups in total. The quantitative estimate of drug-likeness (QED) is 0.410. The van der Waals surface area contributed by atoms with Crippen molar-refractivity contribution in [3.8, 4) is 0 Å². The number of anilines is 2. The van der Waals surface area contributed by atoms with Gasteiger partial charge in [0.25, 0.3) is 0 Å². The zero-order valence-electron chi connectivity index (χ0n) is 19.7. The Morgan fingerprint density at radius 2 is 2.17 bits per heavy atom. The Morgan fingerprint density at radius 1 is 1.31 bits per heavy atom. The third-order valence-corrected chi connectivity index (χ3v) is 9.98. The number of hydrogen-bond donors (Lipinski definition) is 1. The largest absolute Gasteiger partial charge is 0.466 e. The molecular weight excluding hydrogens is 484 g/mol. The molecule has 0 aromatic carbocycles. The standard InChI is InChI=1S/C24H23ClN8O3/c1-3-36-20(34)23-6-11-4-12-18(13(7-23)24(11,12)23)33-19-16(31(2)22(33)35)8-26-21(30-19)29-15-9-32-17(5-14(15)25)27-10-28-32/h5,8-13,18H,3-4,6-7H2,1-2H3,(H,26,29,30). The third kappa shape index (κ3) is 2.07. The summed E-state index contributed by atoms with van der Waals surface area (Å²) < 4.78 is 10.5. The minimum atomic E-state index is -0.329. The minimum Gasteiger partial charge on any atom is -0.466 e. The molecule has 0 amide bonds. The zero-order valence-corrected chi connectivity index (χ0v) is 20.4. The summed E-state index contributed by atoms with van der Waals surface area (Å²) in [4.78, 5) is 39.6. The van der Waals surface area contributed by atoms with Crippen LogP contribution >= 0.6 is 11.6 Å². The molecule has 8 rings (SSSR count). The number of carbonyl (C=O) groups is 1. The molecule has 36 heavy (non-hydrogen) atoms. The highest BCUT2D eigenvalue weighted by Crippen LogP contribution is 2.95. The summed E-state index contributed by atoms with van der Waals surface area (Å²) in [5.41, 5.74) is 2.07. The van der Waals surface area contributed by atoms with Crippen molar-refractivity contribution in [2.45, 2.75) is 32.2 Å². The number of aryl methyl sites for hydroxylation is 1. The molecule has 0 radical (unpaired) electrons. The van der Waals surface area contributed by atoms with Gasteiger partial charge in [0.05, 0.1) is 35.1 Å². The number of fused-ring (bicyclic) bond motifs is 2. The fourth-order valence-corrected chi connectivity index (χ4v) is 8.58. The second-order valence-corrected chi connectivity index (χ2v) is 11.0. The van der Waals surface area contributed by atoms with Gasteiger partial charge < -0.3 is 10.1 Å². The van der Waals surface area contributed by atoms with Crippen LogP contribution in [0.25, 0.3) is 16.8 Å². The Kier molecular flexibility index (Phi) is 3.70. The molecule has 0 aliphatic heterocycles. The van der Waals surface area contributed by atoms with Crippen LogP contribution < -0.4 is 11.0 Å². The Hall–Kier alpha value is -3.47. The molecule has 4 saturated carbocycles. The van der Waals surface area contributed by atoms with Gasteiger partial charge in [-0.25, -0.2) is 19.3 Å². The molecule has 4 aliphatic carbocycles. The van der Waals surface area contributed by atoms with E-state index in [0.29, 0.717) is 57.8 Å². The molecule has 6 atom stereocenters. The average Bonchev–Trinajstić information content (AvgIpc) is 3.35. The van der Waals surface area contributed by atoms with Crippen LogP contribution in [-0.4, -0.2) is 46.3 Å². The number of esters is 1. The van der Waals surface area contributed by atoms with Crippen molar-refractivity contribution in [3.63, 3.8) is 0 Å². The molecule has 11 nitrogen and oxygen atoms in total. The maximum atomic E-state index is 13.4. The van der Waals surface area contributed by atoms with E-state index in [2.05, 4.69) is 20.4 Å². The second-order valence-electron chi connectivity index (χ2n) is 10.6. The van der Waals surface area contributed by atoms with Crippen LogP contribution in [0, 0.1) is 28.6 Å². The molecule has 0 bridgehead atoms. The first-order valence-electron chi connectivity index (χ1n) is 12.3. The van der Waals surface area contributed by atoms with Gasteiger partial charge in [0.1, 0.15) is 11.8 Å². The molecule has 6 unspecified atom stereocenters. The van der Waals surface area contributed by atoms with Crippen molar-refractivity contribution < 1.29 is 9.53 Å². The number of ether oxygens (including phenoxy) is 1. The van der Waals surface area contributed by atoms with Crippen LogP contribution in [0.5, 0.6) is 0 Å². The first-order chi connectivity index (χ1) is 17.4. The molecule has 4 aromatic rings. The highest BCUT2D eigenvalue weighted by molar-refractivity contribution is 6.33. The van der Waals surface area contributed by atoms with Crippen LogP contribution in [-0.2, 0) is 16.6 Å². The second kappa shape index (κ2) is 6.44. The van der Waals surface area contributed by atoms with Gasteiger partial charge in [0, 0.05) is 19.2 Å². The van der Waals surface area contributed by atoms with Crippen LogP contribution in [0.15, 0.2) is 29.6 Å². The lowest BCUT2D eigenvalue weighted by molar-refractivity contribution is -0.439. The third-order valence-electron chi connectivity index (χ3n) is 9.67. The van der Waals surface area contributed by atoms with E-state index in [1.165, 1.54) is 6.33 Å². The van der Waals surface area contributed by atoms with Crippen LogP contribution in [0.1, 0.15) is 32.2 Å². The highest BCUT2D eigenvalue weighted by Gasteiger charge is 2.93. The maximum Gasteiger partial charge on any atom is 0.330 e. The van der Waals surface area contributed by atoms with Gasteiger partial charge in [-0.05, 0) is 49.4 Å². The molecule has 12 heteroatoms. The van der Waals surface area contributed by atoms with Crippen LogP contribution in [0.4, 0.5) is 11.6 Å². The van der Waals surface area contributed by atoms with Crippen molar-refractivity contribution in [3.05, 3.63) is 40.3 Å². The fourth-order valence-electron chi connectivity index (χ4n) is 8.38. The number of rotatable bonds is 5. The summed E-state index contributed by atoms with van der Waals surface area (Å²) in [6.45, 7) is 2.27. The number of hydrogen-bond acceptors (Lipinski definition) is 8. The number of pyridine rings is 1. The number of halogens is 1. The van der Waals surface area contributed by atoms with E-state index >= 15 is 0 Å². The normalized spacial score (nSPS) is 33.1. The zero-order chi connectivity index (χ0) is 24.6. The first kappa shape index (κ1) is 20.7. The SMILES string of the molecule is CCOC(=O)C12CC3CC4C(n5c(=O)n(C)c6cnc(Nc7cn8ncnc8cc7Cl)nc65)C(C1)C342. The Labute approximate surface area is 209 Å². The number of nitrogens with zero attached hydrogens (tertiary/aromatic N) is 7. The van der Waals surface area contributed by atoms with Crippen LogP contribution in [0.2, 0.25) is 5.02 Å². The topological polar surface area (TPSA) is 121 Å². The molecule has 1 spiro atoms. The summed E-state index contributed by atoms with van der Waals surface area (Å²) in [7, 11) is 1.75. The number of nitrogens with one attached hydrogen (secondary N) is 1. The highest BCUT2D eigenvalue weighted by atomic mass is 35.5. The van der Waals surface area contributed by atoms with Crippen molar-refractivity contribution in [1.29, 1.82) is 0 Å². The number of carbonyl (C=O) groups excluding carboxylic acids is 1. The number of aromatic nitrogens is 7. The summed E-state index contributed by atoms with van der Waals surface area (Å²) in [5.74, 6) is 1.48. The Morgan fingerprint density at radius 3 is 2.94 bits per heavy atom. The van der Waals surface area contributed by atoms with Gasteiger partial charge in [-0.1, -0.05) is 11.6 Å². The smallest absolute Gasteiger partial charge is 0.330 e. The minimum absolute atomic E-state index is 0.0281. The van der Waals surface area contributed by atoms with E-state index in [1.807, 2.05) is 11.5 Å². The van der Waals surface area contributed by atoms with Crippen LogP contribution in [0.3, 0.4) is 0 Å². The Bertz CT molecular complexity index is 1680. The van der Waals surface area contributed by atoms with E-state index in [-0.39, 0.29) is 28.5 Å². The molecule has 4 aromatic heterocycles. The molecule has 4 fully saturated rings. The molecular formula is C24H23ClN8O3. The van der Waals surface area contributed by atoms with Gasteiger partial charge in [0.15, 0.2) is 11.3 Å². The van der Waals surface area contributed by atoms with Crippen molar-refractivity contribution in [1.82, 2.24) is 33.7 Å². The summed E-state index contributed by atoms with van der Waals surface area (Å²) in [5, 5.41) is 7.77. The van der Waals surface area contributed by atoms with Crippen molar-refractivity contribution in [2.24, 2.45) is 35.6 Å². The maximum absolute atomic E-state index is 13.4. The average molecular weight is 507 g/mol. The molecule has 4 aliphatic rings. The molecule has 0 saturated heterocycles. The van der Waals surface area contributed by atoms with Gasteiger partial charge >= 0.3 is 11.7 Å². The van der Waals surface area contributed by atoms with Crippen molar-refractivity contribution in [2.75, 3.05) is 11.9 Å². The predicted molar refractivity (Wildman–Crippen MR) is 129 cm³/mol. The van der Waals surface area contributed by atoms with E-state index in [1.54, 1.807) is 34.6 Å².